The Morgan fingerprint density at radius 1 is 1.10 bits per heavy atom. The van der Waals surface area contributed by atoms with Gasteiger partial charge in [-0.2, -0.15) is 0 Å². The summed E-state index contributed by atoms with van der Waals surface area (Å²) in [4.78, 5) is 0. The predicted molar refractivity (Wildman–Crippen MR) is 82.9 cm³/mol. The van der Waals surface area contributed by atoms with Crippen molar-refractivity contribution in [2.45, 2.75) is 0 Å². The summed E-state index contributed by atoms with van der Waals surface area (Å²) < 4.78 is 32.7. The van der Waals surface area contributed by atoms with Gasteiger partial charge in [-0.05, 0) is 0 Å². The SMILES string of the molecule is COc1ccc(NS(C)(=O)=O)c([Se]c2ccccc2)c1. The Balaban J connectivity index is 2.37. The van der Waals surface area contributed by atoms with Gasteiger partial charge in [0.2, 0.25) is 0 Å². The Kier molecular flexibility index (Phi) is 4.70. The van der Waals surface area contributed by atoms with Crippen LogP contribution >= 0.6 is 0 Å². The first-order valence-corrected chi connectivity index (χ1v) is 9.47. The molecule has 0 bridgehead atoms. The molecule has 1 N–H and O–H groups in total. The van der Waals surface area contributed by atoms with Gasteiger partial charge in [0, 0.05) is 0 Å². The molecule has 0 radical (unpaired) electrons. The van der Waals surface area contributed by atoms with E-state index in [0.29, 0.717) is 5.69 Å². The van der Waals surface area contributed by atoms with Gasteiger partial charge >= 0.3 is 125 Å². The molecule has 0 heterocycles. The number of ether oxygens (including phenoxy) is 1. The van der Waals surface area contributed by atoms with Crippen molar-refractivity contribution in [3.05, 3.63) is 48.5 Å². The van der Waals surface area contributed by atoms with Crippen LogP contribution in [0.25, 0.3) is 0 Å². The normalized spacial score (nSPS) is 11.1. The fourth-order valence-electron chi connectivity index (χ4n) is 1.61. The summed E-state index contributed by atoms with van der Waals surface area (Å²) in [5.74, 6) is 0.719. The van der Waals surface area contributed by atoms with Gasteiger partial charge < -0.3 is 0 Å². The quantitative estimate of drug-likeness (QED) is 0.804. The fourth-order valence-corrected chi connectivity index (χ4v) is 4.33. The molecule has 4 nitrogen and oxygen atoms in total. The van der Waals surface area contributed by atoms with Crippen molar-refractivity contribution < 1.29 is 13.2 Å². The summed E-state index contributed by atoms with van der Waals surface area (Å²) >= 11 is 0.00280. The summed E-state index contributed by atoms with van der Waals surface area (Å²) in [7, 11) is -1.70. The van der Waals surface area contributed by atoms with Crippen LogP contribution < -0.4 is 18.4 Å². The monoisotopic (exact) mass is 357 g/mol. The van der Waals surface area contributed by atoms with Crippen LogP contribution in [0.2, 0.25) is 0 Å². The Morgan fingerprint density at radius 2 is 1.80 bits per heavy atom. The van der Waals surface area contributed by atoms with E-state index in [-0.39, 0.29) is 15.0 Å². The van der Waals surface area contributed by atoms with Crippen LogP contribution in [0.3, 0.4) is 0 Å². The third kappa shape index (κ3) is 4.27. The topological polar surface area (TPSA) is 55.4 Å². The van der Waals surface area contributed by atoms with Crippen molar-refractivity contribution in [2.75, 3.05) is 18.1 Å². The van der Waals surface area contributed by atoms with Crippen LogP contribution in [0.4, 0.5) is 5.69 Å². The Morgan fingerprint density at radius 3 is 2.40 bits per heavy atom. The molecule has 0 aromatic heterocycles. The average Bonchev–Trinajstić information content (AvgIpc) is 2.40. The molecule has 0 saturated carbocycles. The maximum absolute atomic E-state index is 11.4. The first kappa shape index (κ1) is 14.9. The molecule has 2 rings (SSSR count). The standard InChI is InChI=1S/C14H15NO3SSe/c1-18-11-8-9-13(15-19(2,16)17)14(10-11)20-12-6-4-3-5-7-12/h3-10,15H,1-2H3. The van der Waals surface area contributed by atoms with E-state index in [1.54, 1.807) is 19.2 Å². The molecular formula is C14H15NO3SSe. The van der Waals surface area contributed by atoms with E-state index in [4.69, 9.17) is 4.74 Å². The Labute approximate surface area is 125 Å². The summed E-state index contributed by atoms with van der Waals surface area (Å²) in [6, 6.07) is 15.3. The molecule has 0 spiro atoms. The van der Waals surface area contributed by atoms with E-state index >= 15 is 0 Å². The minimum absolute atomic E-state index is 0.00280. The van der Waals surface area contributed by atoms with Crippen molar-refractivity contribution >= 4 is 39.6 Å². The molecule has 6 heteroatoms. The van der Waals surface area contributed by atoms with Crippen molar-refractivity contribution in [2.24, 2.45) is 0 Å². The number of sulfonamides is 1. The van der Waals surface area contributed by atoms with Crippen molar-refractivity contribution in [1.29, 1.82) is 0 Å². The number of hydrogen-bond donors (Lipinski definition) is 1. The van der Waals surface area contributed by atoms with Crippen LogP contribution in [-0.4, -0.2) is 36.7 Å². The summed E-state index contributed by atoms with van der Waals surface area (Å²) in [5, 5.41) is 0. The van der Waals surface area contributed by atoms with Crippen molar-refractivity contribution in [3.63, 3.8) is 0 Å². The molecule has 0 aliphatic carbocycles. The summed E-state index contributed by atoms with van der Waals surface area (Å²) in [6.45, 7) is 0. The molecule has 0 unspecified atom stereocenters. The molecule has 0 aliphatic heterocycles. The second-order valence-corrected chi connectivity index (χ2v) is 8.24. The third-order valence-electron chi connectivity index (χ3n) is 2.46. The van der Waals surface area contributed by atoms with E-state index in [1.165, 1.54) is 4.46 Å². The van der Waals surface area contributed by atoms with Crippen LogP contribution in [0.1, 0.15) is 0 Å². The third-order valence-corrected chi connectivity index (χ3v) is 5.28. The predicted octanol–water partition coefficient (Wildman–Crippen LogP) is 0.722. The van der Waals surface area contributed by atoms with E-state index in [2.05, 4.69) is 4.72 Å². The van der Waals surface area contributed by atoms with Gasteiger partial charge in [0.1, 0.15) is 0 Å². The zero-order valence-electron chi connectivity index (χ0n) is 11.2. The molecule has 0 saturated heterocycles. The first-order valence-electron chi connectivity index (χ1n) is 5.87. The molecule has 20 heavy (non-hydrogen) atoms. The molecule has 0 fully saturated rings. The number of benzene rings is 2. The van der Waals surface area contributed by atoms with Gasteiger partial charge in [0.05, 0.1) is 0 Å². The van der Waals surface area contributed by atoms with Gasteiger partial charge in [-0.3, -0.25) is 0 Å². The Hall–Kier alpha value is -1.49. The molecule has 2 aromatic carbocycles. The molecule has 106 valence electrons. The average molecular weight is 356 g/mol. The van der Waals surface area contributed by atoms with Crippen LogP contribution in [-0.2, 0) is 10.0 Å². The van der Waals surface area contributed by atoms with Gasteiger partial charge in [-0.15, -0.1) is 0 Å². The molecule has 0 atom stereocenters. The number of methoxy groups -OCH3 is 1. The van der Waals surface area contributed by atoms with Gasteiger partial charge in [-0.25, -0.2) is 0 Å². The molecule has 0 amide bonds. The number of rotatable bonds is 5. The number of hydrogen-bond acceptors (Lipinski definition) is 3. The van der Waals surface area contributed by atoms with Crippen molar-refractivity contribution in [3.8, 4) is 5.75 Å². The van der Waals surface area contributed by atoms with E-state index < -0.39 is 10.0 Å². The minimum atomic E-state index is -3.29. The molecule has 0 aliphatic rings. The van der Waals surface area contributed by atoms with Crippen molar-refractivity contribution in [1.82, 2.24) is 0 Å². The van der Waals surface area contributed by atoms with E-state index in [0.717, 1.165) is 16.5 Å². The second kappa shape index (κ2) is 6.31. The zero-order chi connectivity index (χ0) is 14.6. The number of anilines is 1. The second-order valence-electron chi connectivity index (χ2n) is 4.15. The summed E-state index contributed by atoms with van der Waals surface area (Å²) in [5.41, 5.74) is 0.608. The van der Waals surface area contributed by atoms with Gasteiger partial charge in [0.15, 0.2) is 0 Å². The van der Waals surface area contributed by atoms with Crippen LogP contribution in [0, 0.1) is 0 Å². The fraction of sp³-hybridized carbons (Fsp3) is 0.143. The van der Waals surface area contributed by atoms with Gasteiger partial charge in [0.25, 0.3) is 0 Å². The molecular weight excluding hydrogens is 341 g/mol. The number of nitrogens with one attached hydrogen (secondary N) is 1. The van der Waals surface area contributed by atoms with E-state index in [9.17, 15) is 8.42 Å². The Bertz CT molecular complexity index is 687. The van der Waals surface area contributed by atoms with Crippen LogP contribution in [0.5, 0.6) is 5.75 Å². The molecule has 2 aromatic rings. The first-order chi connectivity index (χ1) is 9.48. The zero-order valence-corrected chi connectivity index (χ0v) is 13.7. The van der Waals surface area contributed by atoms with E-state index in [1.807, 2.05) is 36.4 Å². The summed E-state index contributed by atoms with van der Waals surface area (Å²) in [6.07, 6.45) is 1.15. The maximum atomic E-state index is 11.4. The van der Waals surface area contributed by atoms with Gasteiger partial charge in [-0.1, -0.05) is 0 Å². The van der Waals surface area contributed by atoms with Crippen LogP contribution in [0.15, 0.2) is 48.5 Å².